The van der Waals surface area contributed by atoms with Crippen LogP contribution >= 0.6 is 34.2 Å². The summed E-state index contributed by atoms with van der Waals surface area (Å²) in [5, 5.41) is 0.550. The van der Waals surface area contributed by atoms with E-state index in [2.05, 4.69) is 22.6 Å². The summed E-state index contributed by atoms with van der Waals surface area (Å²) in [5.74, 6) is 0.0534. The first-order chi connectivity index (χ1) is 6.68. The second kappa shape index (κ2) is 4.06. The maximum atomic E-state index is 11.8. The van der Waals surface area contributed by atoms with Crippen LogP contribution < -0.4 is 0 Å². The summed E-state index contributed by atoms with van der Waals surface area (Å²) < 4.78 is 1.05. The Labute approximate surface area is 101 Å². The summed E-state index contributed by atoms with van der Waals surface area (Å²) in [4.78, 5) is 13.6. The Bertz CT molecular complexity index is 376. The molecule has 2 rings (SSSR count). The predicted octanol–water partition coefficient (Wildman–Crippen LogP) is 2.79. The molecule has 0 unspecified atom stereocenters. The lowest BCUT2D eigenvalue weighted by molar-refractivity contribution is 0.0652. The van der Waals surface area contributed by atoms with Crippen LogP contribution in [0.3, 0.4) is 0 Å². The van der Waals surface area contributed by atoms with E-state index in [1.165, 1.54) is 0 Å². The number of amides is 1. The van der Waals surface area contributed by atoms with Crippen LogP contribution in [0.5, 0.6) is 0 Å². The molecular weight excluding hydrogens is 312 g/mol. The van der Waals surface area contributed by atoms with Gasteiger partial charge in [-0.3, -0.25) is 4.79 Å². The van der Waals surface area contributed by atoms with Crippen LogP contribution in [-0.4, -0.2) is 23.9 Å². The van der Waals surface area contributed by atoms with Crippen molar-refractivity contribution in [3.05, 3.63) is 32.4 Å². The highest BCUT2D eigenvalue weighted by atomic mass is 127. The Kier molecular flexibility index (Phi) is 2.97. The molecule has 0 saturated carbocycles. The predicted molar refractivity (Wildman–Crippen MR) is 64.7 cm³/mol. The van der Waals surface area contributed by atoms with Crippen LogP contribution in [0.4, 0.5) is 0 Å². The molecule has 0 aromatic heterocycles. The van der Waals surface area contributed by atoms with Gasteiger partial charge in [0.2, 0.25) is 0 Å². The number of nitrogens with zero attached hydrogens (tertiary/aromatic N) is 1. The first-order valence-corrected chi connectivity index (χ1v) is 5.88. The minimum Gasteiger partial charge on any atom is -0.338 e. The molecule has 2 nitrogen and oxygen atoms in total. The summed E-state index contributed by atoms with van der Waals surface area (Å²) in [5.41, 5.74) is 0.617. The minimum atomic E-state index is 0.0534. The van der Waals surface area contributed by atoms with E-state index >= 15 is 0 Å². The van der Waals surface area contributed by atoms with Gasteiger partial charge >= 0.3 is 0 Å². The summed E-state index contributed by atoms with van der Waals surface area (Å²) in [7, 11) is 0. The molecule has 1 heterocycles. The largest absolute Gasteiger partial charge is 0.338 e. The second-order valence-electron chi connectivity index (χ2n) is 3.27. The third kappa shape index (κ3) is 1.88. The third-order valence-electron chi connectivity index (χ3n) is 2.30. The molecule has 1 aromatic carbocycles. The molecule has 1 fully saturated rings. The SMILES string of the molecule is O=C(c1ccc(I)cc1Cl)N1CCC1. The van der Waals surface area contributed by atoms with E-state index in [0.29, 0.717) is 10.6 Å². The molecule has 1 amide bonds. The average molecular weight is 322 g/mol. The molecule has 0 aliphatic carbocycles. The summed E-state index contributed by atoms with van der Waals surface area (Å²) in [6.45, 7) is 1.72. The molecule has 1 saturated heterocycles. The van der Waals surface area contributed by atoms with E-state index in [1.807, 2.05) is 17.0 Å². The number of hydrogen-bond donors (Lipinski definition) is 0. The lowest BCUT2D eigenvalue weighted by Crippen LogP contribution is -2.42. The Hall–Kier alpha value is -0.290. The molecule has 4 heteroatoms. The number of benzene rings is 1. The number of carbonyl (C=O) groups is 1. The number of hydrogen-bond acceptors (Lipinski definition) is 1. The van der Waals surface area contributed by atoms with E-state index in [4.69, 9.17) is 11.6 Å². The van der Waals surface area contributed by atoms with Crippen LogP contribution in [0.25, 0.3) is 0 Å². The number of halogens is 2. The number of carbonyl (C=O) groups excluding carboxylic acids is 1. The highest BCUT2D eigenvalue weighted by Gasteiger charge is 2.23. The lowest BCUT2D eigenvalue weighted by atomic mass is 10.1. The highest BCUT2D eigenvalue weighted by Crippen LogP contribution is 2.22. The van der Waals surface area contributed by atoms with E-state index in [1.54, 1.807) is 6.07 Å². The molecular formula is C10H9ClINO. The maximum Gasteiger partial charge on any atom is 0.255 e. The van der Waals surface area contributed by atoms with Crippen molar-refractivity contribution in [1.29, 1.82) is 0 Å². The fourth-order valence-electron chi connectivity index (χ4n) is 1.35. The van der Waals surface area contributed by atoms with Crippen molar-refractivity contribution in [3.8, 4) is 0 Å². The quantitative estimate of drug-likeness (QED) is 0.728. The Morgan fingerprint density at radius 2 is 2.14 bits per heavy atom. The van der Waals surface area contributed by atoms with E-state index in [9.17, 15) is 4.79 Å². The zero-order valence-electron chi connectivity index (χ0n) is 7.46. The summed E-state index contributed by atoms with van der Waals surface area (Å²) in [6, 6.07) is 5.51. The van der Waals surface area contributed by atoms with Gasteiger partial charge in [0.15, 0.2) is 0 Å². The van der Waals surface area contributed by atoms with Gasteiger partial charge in [-0.15, -0.1) is 0 Å². The van der Waals surface area contributed by atoms with Crippen LogP contribution in [0.15, 0.2) is 18.2 Å². The van der Waals surface area contributed by atoms with Crippen molar-refractivity contribution < 1.29 is 4.79 Å². The van der Waals surface area contributed by atoms with E-state index < -0.39 is 0 Å². The molecule has 0 N–H and O–H groups in total. The van der Waals surface area contributed by atoms with Crippen molar-refractivity contribution in [3.63, 3.8) is 0 Å². The smallest absolute Gasteiger partial charge is 0.255 e. The van der Waals surface area contributed by atoms with E-state index in [0.717, 1.165) is 23.1 Å². The van der Waals surface area contributed by atoms with Crippen LogP contribution in [0.2, 0.25) is 5.02 Å². The van der Waals surface area contributed by atoms with Gasteiger partial charge in [0.1, 0.15) is 0 Å². The van der Waals surface area contributed by atoms with Crippen LogP contribution in [0, 0.1) is 3.57 Å². The van der Waals surface area contributed by atoms with Gasteiger partial charge in [-0.1, -0.05) is 11.6 Å². The fraction of sp³-hybridized carbons (Fsp3) is 0.300. The maximum absolute atomic E-state index is 11.8. The van der Waals surface area contributed by atoms with Gasteiger partial charge in [-0.2, -0.15) is 0 Å². The normalized spacial score (nSPS) is 15.1. The van der Waals surface area contributed by atoms with Crippen molar-refractivity contribution in [2.45, 2.75) is 6.42 Å². The van der Waals surface area contributed by atoms with Gasteiger partial charge < -0.3 is 4.90 Å². The Morgan fingerprint density at radius 1 is 1.43 bits per heavy atom. The summed E-state index contributed by atoms with van der Waals surface area (Å²) >= 11 is 8.17. The van der Waals surface area contributed by atoms with Gasteiger partial charge in [0.05, 0.1) is 10.6 Å². The molecule has 1 aliphatic heterocycles. The van der Waals surface area contributed by atoms with Crippen LogP contribution in [-0.2, 0) is 0 Å². The zero-order valence-corrected chi connectivity index (χ0v) is 10.4. The molecule has 14 heavy (non-hydrogen) atoms. The van der Waals surface area contributed by atoms with E-state index in [-0.39, 0.29) is 5.91 Å². The fourth-order valence-corrected chi connectivity index (χ4v) is 2.29. The van der Waals surface area contributed by atoms with Crippen molar-refractivity contribution >= 4 is 40.1 Å². The number of likely N-dealkylation sites (tertiary alicyclic amines) is 1. The lowest BCUT2D eigenvalue weighted by Gasteiger charge is -2.31. The molecule has 1 aromatic rings. The van der Waals surface area contributed by atoms with Crippen LogP contribution in [0.1, 0.15) is 16.8 Å². The van der Waals surface area contributed by atoms with Gasteiger partial charge in [-0.25, -0.2) is 0 Å². The highest BCUT2D eigenvalue weighted by molar-refractivity contribution is 14.1. The molecule has 0 atom stereocenters. The van der Waals surface area contributed by atoms with Crippen molar-refractivity contribution in [2.75, 3.05) is 13.1 Å². The monoisotopic (exact) mass is 321 g/mol. The minimum absolute atomic E-state index is 0.0534. The molecule has 0 bridgehead atoms. The van der Waals surface area contributed by atoms with Gasteiger partial charge in [0, 0.05) is 16.7 Å². The second-order valence-corrected chi connectivity index (χ2v) is 4.92. The molecule has 0 spiro atoms. The molecule has 1 aliphatic rings. The zero-order chi connectivity index (χ0) is 10.1. The van der Waals surface area contributed by atoms with Crippen molar-refractivity contribution in [2.24, 2.45) is 0 Å². The summed E-state index contributed by atoms with van der Waals surface area (Å²) in [6.07, 6.45) is 1.10. The van der Waals surface area contributed by atoms with Gasteiger partial charge in [0.25, 0.3) is 5.91 Å². The third-order valence-corrected chi connectivity index (χ3v) is 3.29. The Balaban J connectivity index is 2.26. The van der Waals surface area contributed by atoms with Gasteiger partial charge in [-0.05, 0) is 47.2 Å². The molecule has 0 radical (unpaired) electrons. The standard InChI is InChI=1S/C10H9ClINO/c11-9-6-7(12)2-3-8(9)10(14)13-4-1-5-13/h2-3,6H,1,4-5H2. The number of rotatable bonds is 1. The molecule has 74 valence electrons. The Morgan fingerprint density at radius 3 is 2.64 bits per heavy atom. The average Bonchev–Trinajstić information content (AvgIpc) is 2.00. The van der Waals surface area contributed by atoms with Crippen molar-refractivity contribution in [1.82, 2.24) is 4.90 Å². The first-order valence-electron chi connectivity index (χ1n) is 4.43. The first kappa shape index (κ1) is 10.2. The topological polar surface area (TPSA) is 20.3 Å².